The first kappa shape index (κ1) is 21.6. The van der Waals surface area contributed by atoms with Crippen LogP contribution in [0, 0.1) is 24.3 Å². The molecule has 1 fully saturated rings. The summed E-state index contributed by atoms with van der Waals surface area (Å²) in [5.41, 5.74) is 3.88. The summed E-state index contributed by atoms with van der Waals surface area (Å²) >= 11 is 0. The predicted octanol–water partition coefficient (Wildman–Crippen LogP) is 4.42. The SMILES string of the molecule is CCC(C)C1CN(c2cnc3ccccc3n2)CCN1/C(=N/C#N)Nc1ccccc1C. The molecule has 2 unspecified atom stereocenters. The molecule has 1 saturated heterocycles. The maximum atomic E-state index is 9.39. The number of rotatable bonds is 4. The molecule has 0 radical (unpaired) electrons. The largest absolute Gasteiger partial charge is 0.351 e. The summed E-state index contributed by atoms with van der Waals surface area (Å²) < 4.78 is 0. The van der Waals surface area contributed by atoms with E-state index in [0.717, 1.165) is 54.2 Å². The van der Waals surface area contributed by atoms with Crippen molar-refractivity contribution in [3.05, 3.63) is 60.3 Å². The van der Waals surface area contributed by atoms with Gasteiger partial charge >= 0.3 is 0 Å². The van der Waals surface area contributed by atoms with Crippen molar-refractivity contribution in [3.63, 3.8) is 0 Å². The van der Waals surface area contributed by atoms with Crippen molar-refractivity contribution in [2.24, 2.45) is 10.9 Å². The van der Waals surface area contributed by atoms with Crippen LogP contribution >= 0.6 is 0 Å². The molecule has 0 saturated carbocycles. The maximum Gasteiger partial charge on any atom is 0.214 e. The summed E-state index contributed by atoms with van der Waals surface area (Å²) in [6, 6.07) is 16.2. The molecule has 1 aliphatic heterocycles. The lowest BCUT2D eigenvalue weighted by molar-refractivity contribution is 0.210. The van der Waals surface area contributed by atoms with Crippen LogP contribution in [-0.4, -0.2) is 46.5 Å². The zero-order valence-corrected chi connectivity index (χ0v) is 18.9. The van der Waals surface area contributed by atoms with Crippen molar-refractivity contribution < 1.29 is 0 Å². The van der Waals surface area contributed by atoms with Gasteiger partial charge in [0, 0.05) is 25.3 Å². The number of para-hydroxylation sites is 3. The van der Waals surface area contributed by atoms with E-state index in [2.05, 4.69) is 51.9 Å². The van der Waals surface area contributed by atoms with Crippen LogP contribution in [0.1, 0.15) is 25.8 Å². The van der Waals surface area contributed by atoms with Crippen molar-refractivity contribution in [2.75, 3.05) is 29.9 Å². The third-order valence-corrected chi connectivity index (χ3v) is 6.30. The predicted molar refractivity (Wildman–Crippen MR) is 130 cm³/mol. The minimum Gasteiger partial charge on any atom is -0.351 e. The molecule has 4 rings (SSSR count). The Bertz CT molecular complexity index is 1150. The van der Waals surface area contributed by atoms with Crippen LogP contribution < -0.4 is 10.2 Å². The summed E-state index contributed by atoms with van der Waals surface area (Å²) in [7, 11) is 0. The van der Waals surface area contributed by atoms with Gasteiger partial charge in [0.15, 0.2) is 0 Å². The molecule has 0 aliphatic carbocycles. The first-order valence-corrected chi connectivity index (χ1v) is 11.1. The van der Waals surface area contributed by atoms with Gasteiger partial charge in [0.1, 0.15) is 5.82 Å². The molecule has 3 aromatic rings. The van der Waals surface area contributed by atoms with Gasteiger partial charge in [0.2, 0.25) is 12.2 Å². The van der Waals surface area contributed by atoms with E-state index in [1.54, 1.807) is 0 Å². The fraction of sp³-hybridized carbons (Fsp3) is 0.360. The van der Waals surface area contributed by atoms with Gasteiger partial charge < -0.3 is 15.1 Å². The summed E-state index contributed by atoms with van der Waals surface area (Å²) in [5.74, 6) is 1.91. The molecule has 0 spiro atoms. The van der Waals surface area contributed by atoms with Gasteiger partial charge in [0.25, 0.3) is 0 Å². The first-order valence-electron chi connectivity index (χ1n) is 11.1. The van der Waals surface area contributed by atoms with Crippen molar-refractivity contribution in [2.45, 2.75) is 33.2 Å². The Labute approximate surface area is 189 Å². The number of nitriles is 1. The van der Waals surface area contributed by atoms with E-state index >= 15 is 0 Å². The van der Waals surface area contributed by atoms with Crippen LogP contribution in [0.3, 0.4) is 0 Å². The van der Waals surface area contributed by atoms with Gasteiger partial charge in [-0.2, -0.15) is 5.26 Å². The number of nitrogens with zero attached hydrogens (tertiary/aromatic N) is 6. The first-order chi connectivity index (χ1) is 15.6. The lowest BCUT2D eigenvalue weighted by Crippen LogP contribution is -2.59. The lowest BCUT2D eigenvalue weighted by Gasteiger charge is -2.45. The zero-order chi connectivity index (χ0) is 22.5. The average Bonchev–Trinajstić information content (AvgIpc) is 2.84. The molecule has 2 atom stereocenters. The zero-order valence-electron chi connectivity index (χ0n) is 18.9. The van der Waals surface area contributed by atoms with E-state index in [-0.39, 0.29) is 6.04 Å². The minimum atomic E-state index is 0.186. The second kappa shape index (κ2) is 9.65. The Morgan fingerprint density at radius 1 is 1.19 bits per heavy atom. The smallest absolute Gasteiger partial charge is 0.214 e. The Morgan fingerprint density at radius 2 is 1.94 bits per heavy atom. The molecule has 0 bridgehead atoms. The van der Waals surface area contributed by atoms with Gasteiger partial charge in [-0.15, -0.1) is 4.99 Å². The van der Waals surface area contributed by atoms with Crippen molar-refractivity contribution in [3.8, 4) is 6.19 Å². The number of anilines is 2. The monoisotopic (exact) mass is 427 g/mol. The normalized spacial score (nSPS) is 17.8. The fourth-order valence-electron chi connectivity index (χ4n) is 4.18. The van der Waals surface area contributed by atoms with Crippen LogP contribution in [0.4, 0.5) is 11.5 Å². The quantitative estimate of drug-likeness (QED) is 0.377. The van der Waals surface area contributed by atoms with Crippen molar-refractivity contribution >= 4 is 28.5 Å². The fourth-order valence-corrected chi connectivity index (χ4v) is 4.18. The molecule has 0 amide bonds. The molecule has 2 aromatic carbocycles. The molecular formula is C25H29N7. The van der Waals surface area contributed by atoms with Crippen molar-refractivity contribution in [1.82, 2.24) is 14.9 Å². The van der Waals surface area contributed by atoms with Gasteiger partial charge in [-0.05, 0) is 36.6 Å². The average molecular weight is 428 g/mol. The molecular weight excluding hydrogens is 398 g/mol. The molecule has 2 heterocycles. The summed E-state index contributed by atoms with van der Waals surface area (Å²) in [6.45, 7) is 8.82. The van der Waals surface area contributed by atoms with Crippen molar-refractivity contribution in [1.29, 1.82) is 5.26 Å². The highest BCUT2D eigenvalue weighted by Crippen LogP contribution is 2.25. The Morgan fingerprint density at radius 3 is 2.69 bits per heavy atom. The number of aryl methyl sites for hydroxylation is 1. The highest BCUT2D eigenvalue weighted by molar-refractivity contribution is 5.95. The third kappa shape index (κ3) is 4.50. The van der Waals surface area contributed by atoms with E-state index in [9.17, 15) is 5.26 Å². The standard InChI is InChI=1S/C25H29N7/c1-4-18(2)23-16-31(24-15-27-21-11-7-8-12-22(21)29-24)13-14-32(23)25(28-17-26)30-20-10-6-5-9-19(20)3/h5-12,15,18,23H,4,13-14,16H2,1-3H3,(H,28,30). The Hall–Kier alpha value is -3.66. The van der Waals surface area contributed by atoms with Crippen LogP contribution in [0.2, 0.25) is 0 Å². The number of benzene rings is 2. The van der Waals surface area contributed by atoms with Gasteiger partial charge in [-0.3, -0.25) is 4.98 Å². The summed E-state index contributed by atoms with van der Waals surface area (Å²) in [4.78, 5) is 18.2. The van der Waals surface area contributed by atoms with Crippen LogP contribution in [0.25, 0.3) is 11.0 Å². The molecule has 32 heavy (non-hydrogen) atoms. The van der Waals surface area contributed by atoms with Gasteiger partial charge in [-0.25, -0.2) is 4.98 Å². The third-order valence-electron chi connectivity index (χ3n) is 6.30. The van der Waals surface area contributed by atoms with E-state index in [4.69, 9.17) is 4.98 Å². The van der Waals surface area contributed by atoms with E-state index in [0.29, 0.717) is 11.9 Å². The summed E-state index contributed by atoms with van der Waals surface area (Å²) in [5, 5.41) is 12.8. The van der Waals surface area contributed by atoms with E-state index < -0.39 is 0 Å². The molecule has 1 aromatic heterocycles. The molecule has 1 N–H and O–H groups in total. The van der Waals surface area contributed by atoms with Crippen LogP contribution in [0.15, 0.2) is 59.7 Å². The molecule has 164 valence electrons. The number of piperazine rings is 1. The molecule has 1 aliphatic rings. The van der Waals surface area contributed by atoms with Crippen LogP contribution in [0.5, 0.6) is 0 Å². The number of nitrogens with one attached hydrogen (secondary N) is 1. The number of guanidine groups is 1. The van der Waals surface area contributed by atoms with Gasteiger partial charge in [-0.1, -0.05) is 50.6 Å². The highest BCUT2D eigenvalue weighted by atomic mass is 15.4. The number of aromatic nitrogens is 2. The second-order valence-electron chi connectivity index (χ2n) is 8.28. The number of hydrogen-bond donors (Lipinski definition) is 1. The molecule has 7 nitrogen and oxygen atoms in total. The van der Waals surface area contributed by atoms with E-state index in [1.165, 1.54) is 0 Å². The topological polar surface area (TPSA) is 80.4 Å². The Balaban J connectivity index is 1.61. The van der Waals surface area contributed by atoms with Crippen LogP contribution in [-0.2, 0) is 0 Å². The van der Waals surface area contributed by atoms with Gasteiger partial charge in [0.05, 0.1) is 23.3 Å². The Kier molecular flexibility index (Phi) is 6.50. The number of hydrogen-bond acceptors (Lipinski definition) is 5. The molecule has 7 heteroatoms. The van der Waals surface area contributed by atoms with E-state index in [1.807, 2.05) is 54.9 Å². The lowest BCUT2D eigenvalue weighted by atomic mass is 9.95. The summed E-state index contributed by atoms with van der Waals surface area (Å²) in [6.07, 6.45) is 4.89. The number of aliphatic imine (C=N–C) groups is 1. The number of fused-ring (bicyclic) bond motifs is 1. The minimum absolute atomic E-state index is 0.186. The second-order valence-corrected chi connectivity index (χ2v) is 8.28. The highest BCUT2D eigenvalue weighted by Gasteiger charge is 2.33. The maximum absolute atomic E-state index is 9.39.